The van der Waals surface area contributed by atoms with Crippen molar-refractivity contribution in [3.05, 3.63) is 48.2 Å². The highest BCUT2D eigenvalue weighted by atomic mass is 19.1. The van der Waals surface area contributed by atoms with E-state index in [1.807, 2.05) is 6.07 Å². The Hall–Kier alpha value is -2.58. The number of ether oxygens (including phenoxy) is 3. The monoisotopic (exact) mass is 366 g/mol. The van der Waals surface area contributed by atoms with Crippen molar-refractivity contribution in [2.75, 3.05) is 38.8 Å². The van der Waals surface area contributed by atoms with Crippen LogP contribution in [0, 0.1) is 5.82 Å². The van der Waals surface area contributed by atoms with Crippen molar-refractivity contribution in [3.8, 4) is 5.75 Å². The molecule has 7 nitrogen and oxygen atoms in total. The first-order valence-corrected chi connectivity index (χ1v) is 8.25. The molecule has 0 fully saturated rings. The molecule has 0 saturated carbocycles. The number of hydrogen-bond donors (Lipinski definition) is 2. The maximum Gasteiger partial charge on any atom is 0.319 e. The van der Waals surface area contributed by atoms with Gasteiger partial charge in [-0.1, -0.05) is 0 Å². The predicted octanol–water partition coefficient (Wildman–Crippen LogP) is 3.17. The molecule has 0 aliphatic heterocycles. The van der Waals surface area contributed by atoms with Gasteiger partial charge in [-0.15, -0.1) is 0 Å². The van der Waals surface area contributed by atoms with Gasteiger partial charge in [-0.3, -0.25) is 0 Å². The van der Waals surface area contributed by atoms with Gasteiger partial charge in [0.2, 0.25) is 0 Å². The Kier molecular flexibility index (Phi) is 8.44. The highest BCUT2D eigenvalue weighted by molar-refractivity contribution is 5.89. The molecule has 2 aromatic rings. The van der Waals surface area contributed by atoms with Gasteiger partial charge in [0.1, 0.15) is 19.0 Å². The van der Waals surface area contributed by atoms with Gasteiger partial charge in [0, 0.05) is 32.0 Å². The molecule has 0 atom stereocenters. The van der Waals surface area contributed by atoms with Crippen molar-refractivity contribution in [1.29, 1.82) is 0 Å². The summed E-state index contributed by atoms with van der Waals surface area (Å²) in [7, 11) is 1.54. The minimum Gasteiger partial charge on any atom is -0.488 e. The van der Waals surface area contributed by atoms with E-state index < -0.39 is 11.8 Å². The standard InChI is InChI=1S/C18H23FN2O5/c1-23-10-11-26-17-6-5-14(12-16(17)19)21-18(22)20-7-3-8-24-13-15-4-2-9-25-15/h2,4-6,9,12H,3,7-8,10-11,13H2,1H3,(H2,20,21,22). The third-order valence-electron chi connectivity index (χ3n) is 3.31. The normalized spacial score (nSPS) is 10.5. The average molecular weight is 366 g/mol. The van der Waals surface area contributed by atoms with E-state index in [0.29, 0.717) is 38.5 Å². The van der Waals surface area contributed by atoms with Crippen molar-refractivity contribution < 1.29 is 27.8 Å². The lowest BCUT2D eigenvalue weighted by atomic mass is 10.3. The molecule has 1 aromatic heterocycles. The van der Waals surface area contributed by atoms with Gasteiger partial charge in [0.05, 0.1) is 12.9 Å². The predicted molar refractivity (Wildman–Crippen MR) is 93.8 cm³/mol. The lowest BCUT2D eigenvalue weighted by Gasteiger charge is -2.10. The van der Waals surface area contributed by atoms with Crippen LogP contribution < -0.4 is 15.4 Å². The quantitative estimate of drug-likeness (QED) is 0.597. The molecule has 26 heavy (non-hydrogen) atoms. The number of methoxy groups -OCH3 is 1. The molecule has 2 rings (SSSR count). The van der Waals surface area contributed by atoms with E-state index >= 15 is 0 Å². The van der Waals surface area contributed by atoms with Gasteiger partial charge < -0.3 is 29.3 Å². The van der Waals surface area contributed by atoms with E-state index in [4.69, 9.17) is 18.6 Å². The van der Waals surface area contributed by atoms with Crippen LogP contribution >= 0.6 is 0 Å². The number of anilines is 1. The highest BCUT2D eigenvalue weighted by Gasteiger charge is 2.07. The molecule has 0 unspecified atom stereocenters. The fourth-order valence-corrected chi connectivity index (χ4v) is 2.05. The Morgan fingerprint density at radius 3 is 2.85 bits per heavy atom. The Morgan fingerprint density at radius 2 is 2.12 bits per heavy atom. The molecule has 0 aliphatic carbocycles. The third kappa shape index (κ3) is 7.12. The van der Waals surface area contributed by atoms with Gasteiger partial charge in [0.15, 0.2) is 11.6 Å². The average Bonchev–Trinajstić information content (AvgIpc) is 3.13. The molecule has 2 amide bonds. The maximum absolute atomic E-state index is 13.9. The number of amides is 2. The Balaban J connectivity index is 1.61. The van der Waals surface area contributed by atoms with Crippen molar-refractivity contribution in [2.24, 2.45) is 0 Å². The van der Waals surface area contributed by atoms with Gasteiger partial charge >= 0.3 is 6.03 Å². The molecule has 142 valence electrons. The van der Waals surface area contributed by atoms with Crippen LogP contribution in [0.4, 0.5) is 14.9 Å². The molecule has 0 bridgehead atoms. The number of furan rings is 1. The number of rotatable bonds is 11. The SMILES string of the molecule is COCCOc1ccc(NC(=O)NCCCOCc2ccco2)cc1F. The summed E-state index contributed by atoms with van der Waals surface area (Å²) in [5.41, 5.74) is 0.341. The number of hydrogen-bond acceptors (Lipinski definition) is 5. The van der Waals surface area contributed by atoms with E-state index in [1.54, 1.807) is 18.4 Å². The number of halogens is 1. The van der Waals surface area contributed by atoms with Crippen LogP contribution in [0.25, 0.3) is 0 Å². The molecule has 8 heteroatoms. The Morgan fingerprint density at radius 1 is 1.23 bits per heavy atom. The molecule has 0 saturated heterocycles. The maximum atomic E-state index is 13.9. The van der Waals surface area contributed by atoms with Gasteiger partial charge in [-0.25, -0.2) is 9.18 Å². The first kappa shape index (κ1) is 19.7. The van der Waals surface area contributed by atoms with Crippen molar-refractivity contribution in [3.63, 3.8) is 0 Å². The largest absolute Gasteiger partial charge is 0.488 e. The molecular weight excluding hydrogens is 343 g/mol. The van der Waals surface area contributed by atoms with Gasteiger partial charge in [-0.2, -0.15) is 0 Å². The van der Waals surface area contributed by atoms with Crippen molar-refractivity contribution in [2.45, 2.75) is 13.0 Å². The topological polar surface area (TPSA) is 82.0 Å². The molecule has 1 aromatic carbocycles. The second-order valence-electron chi connectivity index (χ2n) is 5.35. The van der Waals surface area contributed by atoms with Crippen LogP contribution in [0.15, 0.2) is 41.0 Å². The minimum absolute atomic E-state index is 0.113. The third-order valence-corrected chi connectivity index (χ3v) is 3.31. The lowest BCUT2D eigenvalue weighted by molar-refractivity contribution is 0.104. The zero-order valence-electron chi connectivity index (χ0n) is 14.6. The van der Waals surface area contributed by atoms with E-state index in [9.17, 15) is 9.18 Å². The smallest absolute Gasteiger partial charge is 0.319 e. The molecule has 0 aliphatic rings. The fraction of sp³-hybridized carbons (Fsp3) is 0.389. The second-order valence-corrected chi connectivity index (χ2v) is 5.35. The van der Waals surface area contributed by atoms with Crippen LogP contribution in [0.5, 0.6) is 5.75 Å². The van der Waals surface area contributed by atoms with Crippen molar-refractivity contribution >= 4 is 11.7 Å². The van der Waals surface area contributed by atoms with E-state index in [2.05, 4.69) is 10.6 Å². The summed E-state index contributed by atoms with van der Waals surface area (Å²) in [5, 5.41) is 5.24. The van der Waals surface area contributed by atoms with E-state index in [1.165, 1.54) is 19.2 Å². The van der Waals surface area contributed by atoms with Crippen LogP contribution in [-0.4, -0.2) is 39.5 Å². The lowest BCUT2D eigenvalue weighted by Crippen LogP contribution is -2.30. The highest BCUT2D eigenvalue weighted by Crippen LogP contribution is 2.21. The van der Waals surface area contributed by atoms with Crippen LogP contribution in [0.2, 0.25) is 0 Å². The number of carbonyl (C=O) groups excluding carboxylic acids is 1. The fourth-order valence-electron chi connectivity index (χ4n) is 2.05. The van der Waals surface area contributed by atoms with E-state index in [0.717, 1.165) is 5.76 Å². The number of urea groups is 1. The number of nitrogens with one attached hydrogen (secondary N) is 2. The summed E-state index contributed by atoms with van der Waals surface area (Å²) < 4.78 is 34.5. The summed E-state index contributed by atoms with van der Waals surface area (Å²) >= 11 is 0. The second kappa shape index (κ2) is 11.1. The summed E-state index contributed by atoms with van der Waals surface area (Å²) in [4.78, 5) is 11.8. The summed E-state index contributed by atoms with van der Waals surface area (Å²) in [6.45, 7) is 1.95. The molecule has 2 N–H and O–H groups in total. The zero-order valence-corrected chi connectivity index (χ0v) is 14.6. The molecule has 0 spiro atoms. The van der Waals surface area contributed by atoms with Gasteiger partial charge in [-0.05, 0) is 30.7 Å². The minimum atomic E-state index is -0.551. The summed E-state index contributed by atoms with van der Waals surface area (Å²) in [5.74, 6) is 0.319. The van der Waals surface area contributed by atoms with Crippen LogP contribution in [-0.2, 0) is 16.1 Å². The molecule has 0 radical (unpaired) electrons. The first-order valence-electron chi connectivity index (χ1n) is 8.25. The molecular formula is C18H23FN2O5. The number of carbonyl (C=O) groups is 1. The first-order chi connectivity index (χ1) is 12.7. The Bertz CT molecular complexity index is 664. The number of benzene rings is 1. The van der Waals surface area contributed by atoms with Crippen molar-refractivity contribution in [1.82, 2.24) is 5.32 Å². The van der Waals surface area contributed by atoms with E-state index in [-0.39, 0.29) is 12.4 Å². The Labute approximate surface area is 151 Å². The van der Waals surface area contributed by atoms with Crippen LogP contribution in [0.1, 0.15) is 12.2 Å². The molecule has 1 heterocycles. The summed E-state index contributed by atoms with van der Waals surface area (Å²) in [6.07, 6.45) is 2.24. The van der Waals surface area contributed by atoms with Gasteiger partial charge in [0.25, 0.3) is 0 Å². The zero-order chi connectivity index (χ0) is 18.6. The summed E-state index contributed by atoms with van der Waals surface area (Å²) in [6, 6.07) is 7.45. The van der Waals surface area contributed by atoms with Crippen LogP contribution in [0.3, 0.4) is 0 Å².